The molecule has 3 aromatic rings. The summed E-state index contributed by atoms with van der Waals surface area (Å²) in [5, 5.41) is 13.5. The molecule has 0 aliphatic heterocycles. The molecule has 0 aliphatic rings. The maximum atomic E-state index is 12.5. The molecule has 27 heavy (non-hydrogen) atoms. The lowest BCUT2D eigenvalue weighted by atomic mass is 10.2. The van der Waals surface area contributed by atoms with Crippen molar-refractivity contribution >= 4 is 17.3 Å². The number of aryl methyl sites for hydroxylation is 1. The largest absolute Gasteiger partial charge is 0.322 e. The van der Waals surface area contributed by atoms with Crippen molar-refractivity contribution in [3.63, 3.8) is 0 Å². The number of nitro benzene ring substituents is 1. The molecule has 2 aromatic carbocycles. The van der Waals surface area contributed by atoms with Gasteiger partial charge >= 0.3 is 0 Å². The molecule has 1 aromatic heterocycles. The van der Waals surface area contributed by atoms with Crippen molar-refractivity contribution in [3.05, 3.63) is 104 Å². The van der Waals surface area contributed by atoms with Crippen molar-refractivity contribution in [1.82, 2.24) is 4.57 Å². The maximum Gasteiger partial charge on any atom is 0.269 e. The zero-order valence-electron chi connectivity index (χ0n) is 14.6. The number of rotatable bonds is 5. The van der Waals surface area contributed by atoms with Gasteiger partial charge in [0.1, 0.15) is 0 Å². The van der Waals surface area contributed by atoms with E-state index in [4.69, 9.17) is 0 Å². The summed E-state index contributed by atoms with van der Waals surface area (Å²) in [4.78, 5) is 34.8. The van der Waals surface area contributed by atoms with Gasteiger partial charge in [-0.25, -0.2) is 0 Å². The fraction of sp³-hybridized carbons (Fsp3) is 0.100. The van der Waals surface area contributed by atoms with Crippen LogP contribution in [-0.4, -0.2) is 15.4 Å². The van der Waals surface area contributed by atoms with Gasteiger partial charge in [0.05, 0.1) is 17.0 Å². The van der Waals surface area contributed by atoms with Crippen molar-refractivity contribution in [2.24, 2.45) is 0 Å². The van der Waals surface area contributed by atoms with Crippen LogP contribution in [0.1, 0.15) is 21.5 Å². The predicted molar refractivity (Wildman–Crippen MR) is 102 cm³/mol. The molecule has 7 nitrogen and oxygen atoms in total. The first-order chi connectivity index (χ1) is 12.9. The third-order valence-corrected chi connectivity index (χ3v) is 4.02. The van der Waals surface area contributed by atoms with Crippen LogP contribution in [0.25, 0.3) is 0 Å². The lowest BCUT2D eigenvalue weighted by molar-refractivity contribution is -0.384. The molecule has 7 heteroatoms. The Morgan fingerprint density at radius 2 is 1.85 bits per heavy atom. The number of benzene rings is 2. The molecule has 0 spiro atoms. The molecule has 1 amide bonds. The van der Waals surface area contributed by atoms with E-state index in [2.05, 4.69) is 5.32 Å². The lowest BCUT2D eigenvalue weighted by Crippen LogP contribution is -2.22. The number of non-ortho nitro benzene ring substituents is 1. The summed E-state index contributed by atoms with van der Waals surface area (Å²) in [6.07, 6.45) is 1.48. The first-order valence-electron chi connectivity index (χ1n) is 8.24. The maximum absolute atomic E-state index is 12.5. The topological polar surface area (TPSA) is 94.2 Å². The van der Waals surface area contributed by atoms with Crippen LogP contribution in [0.3, 0.4) is 0 Å². The Labute approximate surface area is 155 Å². The van der Waals surface area contributed by atoms with Gasteiger partial charge in [-0.05, 0) is 36.2 Å². The monoisotopic (exact) mass is 363 g/mol. The van der Waals surface area contributed by atoms with Crippen molar-refractivity contribution < 1.29 is 9.72 Å². The first kappa shape index (κ1) is 18.1. The number of carbonyl (C=O) groups excluding carboxylic acids is 1. The number of nitro groups is 1. The molecule has 0 atom stereocenters. The summed E-state index contributed by atoms with van der Waals surface area (Å²) in [5.41, 5.74) is 2.49. The minimum atomic E-state index is -0.480. The van der Waals surface area contributed by atoms with Crippen LogP contribution in [-0.2, 0) is 6.54 Å². The number of carbonyl (C=O) groups is 1. The van der Waals surface area contributed by atoms with Gasteiger partial charge < -0.3 is 9.88 Å². The Morgan fingerprint density at radius 1 is 1.11 bits per heavy atom. The Hall–Kier alpha value is -3.74. The Morgan fingerprint density at radius 3 is 2.52 bits per heavy atom. The zero-order valence-corrected chi connectivity index (χ0v) is 14.6. The SMILES string of the molecule is Cc1cccc(NC(=O)c2ccc(=O)n(Cc3ccc([N+](=O)[O-])cc3)c2)c1. The summed E-state index contributed by atoms with van der Waals surface area (Å²) in [7, 11) is 0. The fourth-order valence-corrected chi connectivity index (χ4v) is 2.64. The molecular weight excluding hydrogens is 346 g/mol. The molecule has 0 fully saturated rings. The van der Waals surface area contributed by atoms with Crippen LogP contribution in [0.15, 0.2) is 71.7 Å². The molecule has 0 saturated heterocycles. The molecule has 1 N–H and O–H groups in total. The van der Waals surface area contributed by atoms with E-state index in [-0.39, 0.29) is 23.7 Å². The van der Waals surface area contributed by atoms with Crippen LogP contribution in [0.4, 0.5) is 11.4 Å². The van der Waals surface area contributed by atoms with Crippen LogP contribution in [0.2, 0.25) is 0 Å². The Kier molecular flexibility index (Phi) is 5.12. The third-order valence-electron chi connectivity index (χ3n) is 4.02. The van der Waals surface area contributed by atoms with E-state index in [0.29, 0.717) is 11.3 Å². The fourth-order valence-electron chi connectivity index (χ4n) is 2.64. The van der Waals surface area contributed by atoms with Gasteiger partial charge in [0, 0.05) is 30.1 Å². The second kappa shape index (κ2) is 7.65. The molecule has 0 aliphatic carbocycles. The quantitative estimate of drug-likeness (QED) is 0.555. The summed E-state index contributed by atoms with van der Waals surface area (Å²) in [6.45, 7) is 2.14. The average molecular weight is 363 g/mol. The van der Waals surface area contributed by atoms with Crippen molar-refractivity contribution in [2.75, 3.05) is 5.32 Å². The number of anilines is 1. The molecular formula is C20H17N3O4. The van der Waals surface area contributed by atoms with Gasteiger partial charge in [-0.3, -0.25) is 19.7 Å². The zero-order chi connectivity index (χ0) is 19.4. The second-order valence-corrected chi connectivity index (χ2v) is 6.13. The number of hydrogen-bond acceptors (Lipinski definition) is 4. The van der Waals surface area contributed by atoms with Gasteiger partial charge in [-0.1, -0.05) is 24.3 Å². The summed E-state index contributed by atoms with van der Waals surface area (Å²) < 4.78 is 1.40. The van der Waals surface area contributed by atoms with Gasteiger partial charge in [-0.2, -0.15) is 0 Å². The van der Waals surface area contributed by atoms with Gasteiger partial charge in [0.25, 0.3) is 17.2 Å². The minimum absolute atomic E-state index is 0.0163. The minimum Gasteiger partial charge on any atom is -0.322 e. The van der Waals surface area contributed by atoms with Crippen LogP contribution in [0, 0.1) is 17.0 Å². The van der Waals surface area contributed by atoms with E-state index in [1.165, 1.54) is 35.0 Å². The molecule has 0 bridgehead atoms. The van der Waals surface area contributed by atoms with Gasteiger partial charge in [0.15, 0.2) is 0 Å². The highest BCUT2D eigenvalue weighted by Gasteiger charge is 2.10. The number of pyridine rings is 1. The highest BCUT2D eigenvalue weighted by Crippen LogP contribution is 2.14. The number of nitrogens with zero attached hydrogens (tertiary/aromatic N) is 2. The molecule has 1 heterocycles. The van der Waals surface area contributed by atoms with E-state index >= 15 is 0 Å². The van der Waals surface area contributed by atoms with E-state index in [9.17, 15) is 19.7 Å². The second-order valence-electron chi connectivity index (χ2n) is 6.13. The van der Waals surface area contributed by atoms with E-state index in [0.717, 1.165) is 11.1 Å². The summed E-state index contributed by atoms with van der Waals surface area (Å²) in [6, 6.07) is 16.2. The molecule has 3 rings (SSSR count). The molecule has 0 unspecified atom stereocenters. The number of nitrogens with one attached hydrogen (secondary N) is 1. The van der Waals surface area contributed by atoms with Gasteiger partial charge in [-0.15, -0.1) is 0 Å². The normalized spacial score (nSPS) is 10.4. The van der Waals surface area contributed by atoms with E-state index < -0.39 is 4.92 Å². The molecule has 0 radical (unpaired) electrons. The van der Waals surface area contributed by atoms with Crippen molar-refractivity contribution in [2.45, 2.75) is 13.5 Å². The summed E-state index contributed by atoms with van der Waals surface area (Å²) >= 11 is 0. The van der Waals surface area contributed by atoms with Crippen LogP contribution < -0.4 is 10.9 Å². The predicted octanol–water partition coefficient (Wildman–Crippen LogP) is 3.37. The number of hydrogen-bond donors (Lipinski definition) is 1. The number of amides is 1. The number of aromatic nitrogens is 1. The molecule has 136 valence electrons. The molecule has 0 saturated carbocycles. The Bertz CT molecular complexity index is 1060. The highest BCUT2D eigenvalue weighted by atomic mass is 16.6. The van der Waals surface area contributed by atoms with Crippen LogP contribution >= 0.6 is 0 Å². The van der Waals surface area contributed by atoms with Crippen molar-refractivity contribution in [1.29, 1.82) is 0 Å². The lowest BCUT2D eigenvalue weighted by Gasteiger charge is -2.10. The standard InChI is InChI=1S/C20H17N3O4/c1-14-3-2-4-17(11-14)21-20(25)16-7-10-19(24)22(13-16)12-15-5-8-18(9-6-15)23(26)27/h2-11,13H,12H2,1H3,(H,21,25). The van der Waals surface area contributed by atoms with E-state index in [1.807, 2.05) is 25.1 Å². The average Bonchev–Trinajstić information content (AvgIpc) is 2.64. The Balaban J connectivity index is 1.80. The summed E-state index contributed by atoms with van der Waals surface area (Å²) in [5.74, 6) is -0.321. The third kappa shape index (κ3) is 4.46. The van der Waals surface area contributed by atoms with Crippen LogP contribution in [0.5, 0.6) is 0 Å². The smallest absolute Gasteiger partial charge is 0.269 e. The first-order valence-corrected chi connectivity index (χ1v) is 8.24. The van der Waals surface area contributed by atoms with Gasteiger partial charge in [0.2, 0.25) is 0 Å². The van der Waals surface area contributed by atoms with E-state index in [1.54, 1.807) is 18.2 Å². The van der Waals surface area contributed by atoms with Crippen molar-refractivity contribution in [3.8, 4) is 0 Å². The highest BCUT2D eigenvalue weighted by molar-refractivity contribution is 6.04.